The minimum atomic E-state index is -0.452. The van der Waals surface area contributed by atoms with Crippen molar-refractivity contribution in [3.8, 4) is 0 Å². The lowest BCUT2D eigenvalue weighted by molar-refractivity contribution is 0.0527. The van der Waals surface area contributed by atoms with E-state index in [0.717, 1.165) is 16.0 Å². The molecule has 1 amide bonds. The van der Waals surface area contributed by atoms with Gasteiger partial charge in [-0.05, 0) is 38.8 Å². The third-order valence-electron chi connectivity index (χ3n) is 4.56. The molecular weight excluding hydrogens is 410 g/mol. The summed E-state index contributed by atoms with van der Waals surface area (Å²) >= 11 is 7.82. The molecule has 0 saturated heterocycles. The number of hydrogen-bond acceptors (Lipinski definition) is 5. The molecular formula is C21H22ClN3O3S. The predicted octanol–water partition coefficient (Wildman–Crippen LogP) is 5.00. The lowest BCUT2D eigenvalue weighted by Crippen LogP contribution is -2.16. The summed E-state index contributed by atoms with van der Waals surface area (Å²) in [6.07, 6.45) is 0. The Hall–Kier alpha value is -2.64. The summed E-state index contributed by atoms with van der Waals surface area (Å²) in [4.78, 5) is 26.3. The Morgan fingerprint density at radius 3 is 2.52 bits per heavy atom. The highest BCUT2D eigenvalue weighted by Crippen LogP contribution is 2.34. The number of benzene rings is 1. The number of nitrogens with one attached hydrogen (secondary N) is 1. The van der Waals surface area contributed by atoms with Gasteiger partial charge in [0.1, 0.15) is 10.2 Å². The van der Waals surface area contributed by atoms with Gasteiger partial charge in [-0.15, -0.1) is 11.3 Å². The Kier molecular flexibility index (Phi) is 6.39. The Labute approximate surface area is 178 Å². The van der Waals surface area contributed by atoms with Gasteiger partial charge in [0.25, 0.3) is 5.91 Å². The molecule has 8 heteroatoms. The van der Waals surface area contributed by atoms with Gasteiger partial charge in [0.2, 0.25) is 0 Å². The molecule has 0 bridgehead atoms. The number of nitrogens with zero attached hydrogens (tertiary/aromatic N) is 2. The molecule has 0 spiro atoms. The zero-order valence-corrected chi connectivity index (χ0v) is 18.3. The molecule has 2 heterocycles. The first kappa shape index (κ1) is 21.1. The van der Waals surface area contributed by atoms with Gasteiger partial charge < -0.3 is 10.1 Å². The smallest absolute Gasteiger partial charge is 0.341 e. The average molecular weight is 432 g/mol. The first-order valence-corrected chi connectivity index (χ1v) is 10.4. The molecule has 0 fully saturated rings. The summed E-state index contributed by atoms with van der Waals surface area (Å²) in [6.45, 7) is 7.93. The van der Waals surface area contributed by atoms with Crippen molar-refractivity contribution in [3.63, 3.8) is 0 Å². The maximum atomic E-state index is 13.0. The van der Waals surface area contributed by atoms with Gasteiger partial charge in [-0.3, -0.25) is 4.79 Å². The van der Waals surface area contributed by atoms with Gasteiger partial charge in [-0.2, -0.15) is 5.10 Å². The minimum absolute atomic E-state index is 0.256. The molecule has 3 aromatic rings. The molecule has 0 atom stereocenters. The van der Waals surface area contributed by atoms with Crippen LogP contribution < -0.4 is 5.32 Å². The number of hydrogen-bond donors (Lipinski definition) is 1. The number of halogens is 1. The van der Waals surface area contributed by atoms with E-state index in [1.807, 2.05) is 44.2 Å². The summed E-state index contributed by atoms with van der Waals surface area (Å²) < 4.78 is 6.74. The number of carbonyl (C=O) groups excluding carboxylic acids is 2. The number of aryl methyl sites for hydroxylation is 2. The zero-order valence-electron chi connectivity index (χ0n) is 16.7. The minimum Gasteiger partial charge on any atom is -0.462 e. The van der Waals surface area contributed by atoms with Gasteiger partial charge in [0.15, 0.2) is 0 Å². The highest BCUT2D eigenvalue weighted by Gasteiger charge is 2.25. The summed E-state index contributed by atoms with van der Waals surface area (Å²) in [5.74, 6) is -0.856. The fourth-order valence-electron chi connectivity index (χ4n) is 3.00. The van der Waals surface area contributed by atoms with Crippen LogP contribution in [0.1, 0.15) is 49.3 Å². The van der Waals surface area contributed by atoms with E-state index in [1.165, 1.54) is 11.3 Å². The third kappa shape index (κ3) is 4.36. The number of esters is 1. The highest BCUT2D eigenvalue weighted by molar-refractivity contribution is 7.16. The number of anilines is 1. The second-order valence-electron chi connectivity index (χ2n) is 6.56. The van der Waals surface area contributed by atoms with Crippen molar-refractivity contribution in [2.24, 2.45) is 0 Å². The second kappa shape index (κ2) is 8.80. The lowest BCUT2D eigenvalue weighted by atomic mass is 10.1. The fourth-order valence-corrected chi connectivity index (χ4v) is 4.37. The summed E-state index contributed by atoms with van der Waals surface area (Å²) in [5, 5.41) is 7.95. The van der Waals surface area contributed by atoms with Crippen LogP contribution >= 0.6 is 22.9 Å². The average Bonchev–Trinajstić information content (AvgIpc) is 3.11. The van der Waals surface area contributed by atoms with Crippen LogP contribution in [-0.4, -0.2) is 28.3 Å². The van der Waals surface area contributed by atoms with Crippen LogP contribution in [0.2, 0.25) is 5.15 Å². The monoisotopic (exact) mass is 431 g/mol. The maximum Gasteiger partial charge on any atom is 0.341 e. The van der Waals surface area contributed by atoms with E-state index >= 15 is 0 Å². The molecule has 3 rings (SSSR count). The second-order valence-corrected chi connectivity index (χ2v) is 8.14. The van der Waals surface area contributed by atoms with Crippen LogP contribution in [0, 0.1) is 20.8 Å². The molecule has 1 N–H and O–H groups in total. The number of rotatable bonds is 6. The Morgan fingerprint density at radius 1 is 1.17 bits per heavy atom. The molecule has 0 aliphatic heterocycles. The quantitative estimate of drug-likeness (QED) is 0.557. The number of aromatic nitrogens is 2. The van der Waals surface area contributed by atoms with Crippen molar-refractivity contribution in [2.75, 3.05) is 11.9 Å². The lowest BCUT2D eigenvalue weighted by Gasteiger charge is -2.07. The van der Waals surface area contributed by atoms with Gasteiger partial charge >= 0.3 is 5.97 Å². The van der Waals surface area contributed by atoms with Gasteiger partial charge in [0, 0.05) is 4.88 Å². The van der Waals surface area contributed by atoms with Crippen LogP contribution in [-0.2, 0) is 11.3 Å². The molecule has 1 aromatic carbocycles. The number of thiophene rings is 1. The molecule has 6 nitrogen and oxygen atoms in total. The van der Waals surface area contributed by atoms with E-state index in [2.05, 4.69) is 10.4 Å². The molecule has 2 aromatic heterocycles. The van der Waals surface area contributed by atoms with Crippen molar-refractivity contribution in [2.45, 2.75) is 34.2 Å². The van der Waals surface area contributed by atoms with Gasteiger partial charge in [-0.1, -0.05) is 41.9 Å². The van der Waals surface area contributed by atoms with E-state index in [0.29, 0.717) is 28.4 Å². The molecule has 152 valence electrons. The van der Waals surface area contributed by atoms with E-state index in [-0.39, 0.29) is 11.8 Å². The van der Waals surface area contributed by atoms with Crippen LogP contribution in [0.15, 0.2) is 30.3 Å². The van der Waals surface area contributed by atoms with Gasteiger partial charge in [0.05, 0.1) is 30.0 Å². The molecule has 0 saturated carbocycles. The SMILES string of the molecule is CCOC(=O)c1c(NC(=O)c2c(C)nn(Cc3ccccc3)c2Cl)sc(C)c1C. The number of carbonyl (C=O) groups is 2. The number of ether oxygens (including phenoxy) is 1. The molecule has 0 aliphatic rings. The highest BCUT2D eigenvalue weighted by atomic mass is 35.5. The molecule has 0 radical (unpaired) electrons. The van der Waals surface area contributed by atoms with Gasteiger partial charge in [-0.25, -0.2) is 9.48 Å². The Balaban J connectivity index is 1.89. The van der Waals surface area contributed by atoms with Crippen molar-refractivity contribution in [1.82, 2.24) is 9.78 Å². The van der Waals surface area contributed by atoms with E-state index in [1.54, 1.807) is 18.5 Å². The largest absolute Gasteiger partial charge is 0.462 e. The Bertz CT molecular complexity index is 1060. The summed E-state index contributed by atoms with van der Waals surface area (Å²) in [7, 11) is 0. The van der Waals surface area contributed by atoms with Crippen molar-refractivity contribution >= 4 is 39.8 Å². The predicted molar refractivity (Wildman–Crippen MR) is 115 cm³/mol. The molecule has 0 aliphatic carbocycles. The molecule has 29 heavy (non-hydrogen) atoms. The van der Waals surface area contributed by atoms with E-state index in [4.69, 9.17) is 16.3 Å². The van der Waals surface area contributed by atoms with Crippen molar-refractivity contribution in [1.29, 1.82) is 0 Å². The van der Waals surface area contributed by atoms with Crippen LogP contribution in [0.4, 0.5) is 5.00 Å². The number of amides is 1. The van der Waals surface area contributed by atoms with Crippen molar-refractivity contribution in [3.05, 3.63) is 68.3 Å². The zero-order chi connectivity index (χ0) is 21.1. The van der Waals surface area contributed by atoms with Crippen LogP contribution in [0.3, 0.4) is 0 Å². The third-order valence-corrected chi connectivity index (χ3v) is 6.07. The molecule has 0 unspecified atom stereocenters. The van der Waals surface area contributed by atoms with Crippen LogP contribution in [0.25, 0.3) is 0 Å². The fraction of sp³-hybridized carbons (Fsp3) is 0.286. The Morgan fingerprint density at radius 2 is 1.86 bits per heavy atom. The topological polar surface area (TPSA) is 73.2 Å². The maximum absolute atomic E-state index is 13.0. The standard InChI is InChI=1S/C21H22ClN3O3S/c1-5-28-21(27)16-12(2)14(4)29-20(16)23-19(26)17-13(3)24-25(18(17)22)11-15-9-7-6-8-10-15/h6-10H,5,11H2,1-4H3,(H,23,26). The van der Waals surface area contributed by atoms with Crippen LogP contribution in [0.5, 0.6) is 0 Å². The summed E-state index contributed by atoms with van der Waals surface area (Å²) in [5.41, 5.74) is 3.02. The first-order valence-electron chi connectivity index (χ1n) is 9.18. The first-order chi connectivity index (χ1) is 13.8. The van der Waals surface area contributed by atoms with Crippen molar-refractivity contribution < 1.29 is 14.3 Å². The van der Waals surface area contributed by atoms with E-state index < -0.39 is 11.9 Å². The van der Waals surface area contributed by atoms with E-state index in [9.17, 15) is 9.59 Å². The summed E-state index contributed by atoms with van der Waals surface area (Å²) in [6, 6.07) is 9.74. The normalized spacial score (nSPS) is 10.8.